The fourth-order valence-corrected chi connectivity index (χ4v) is 13.2. The van der Waals surface area contributed by atoms with E-state index in [1.807, 2.05) is 13.8 Å². The second-order valence-corrected chi connectivity index (χ2v) is 18.4. The van der Waals surface area contributed by atoms with Gasteiger partial charge >= 0.3 is 5.97 Å². The lowest BCUT2D eigenvalue weighted by Crippen LogP contribution is -2.61. The first-order valence-electron chi connectivity index (χ1n) is 18.2. The van der Waals surface area contributed by atoms with Crippen LogP contribution in [0.1, 0.15) is 107 Å². The fourth-order valence-electron chi connectivity index (χ4n) is 13.2. The minimum absolute atomic E-state index is 0.0512. The second-order valence-electron chi connectivity index (χ2n) is 18.4. The van der Waals surface area contributed by atoms with Crippen LogP contribution >= 0.6 is 0 Å². The Hall–Kier alpha value is -1.14. The van der Waals surface area contributed by atoms with Gasteiger partial charge < -0.3 is 39.4 Å². The highest BCUT2D eigenvalue weighted by molar-refractivity contribution is 5.90. The predicted molar refractivity (Wildman–Crippen MR) is 170 cm³/mol. The van der Waals surface area contributed by atoms with Crippen LogP contribution in [0.5, 0.6) is 0 Å². The average molecular weight is 663 g/mol. The van der Waals surface area contributed by atoms with Crippen molar-refractivity contribution in [1.82, 2.24) is 0 Å². The maximum Gasteiger partial charge on any atom is 0.302 e. The van der Waals surface area contributed by atoms with Crippen LogP contribution in [0.2, 0.25) is 0 Å². The van der Waals surface area contributed by atoms with Crippen molar-refractivity contribution in [2.24, 2.45) is 50.7 Å². The topological polar surface area (TPSA) is 155 Å². The summed E-state index contributed by atoms with van der Waals surface area (Å²) >= 11 is 0. The van der Waals surface area contributed by atoms with Crippen LogP contribution in [-0.4, -0.2) is 93.4 Å². The van der Waals surface area contributed by atoms with Crippen molar-refractivity contribution in [2.45, 2.75) is 161 Å². The Morgan fingerprint density at radius 3 is 2.21 bits per heavy atom. The number of aliphatic hydroxyl groups is 4. The number of epoxide rings is 1. The average Bonchev–Trinajstić information content (AvgIpc) is 3.84. The molecule has 2 saturated heterocycles. The number of esters is 1. The van der Waals surface area contributed by atoms with E-state index in [9.17, 15) is 30.0 Å². The molecule has 5 saturated carbocycles. The molecule has 2 heterocycles. The lowest BCUT2D eigenvalue weighted by molar-refractivity contribution is -0.303. The van der Waals surface area contributed by atoms with Gasteiger partial charge in [0.05, 0.1) is 18.3 Å². The van der Waals surface area contributed by atoms with Crippen LogP contribution in [0.4, 0.5) is 0 Å². The molecule has 0 aromatic heterocycles. The van der Waals surface area contributed by atoms with Gasteiger partial charge in [0, 0.05) is 18.3 Å². The summed E-state index contributed by atoms with van der Waals surface area (Å²) in [6.45, 7) is 16.4. The Morgan fingerprint density at radius 1 is 0.936 bits per heavy atom. The SMILES string of the molecule is CC(=O)O[C@H](C[C@@H](C)[C@H]1C(=O)[C@H](O)[C@@]2(C)[C@@H]3CC[C@H]4C(C)(C)[C@@H](O[C@@H]5OC[C@H](O)[C@H](O)[C@H]5O)CC[C@@]45C[C@@]35CC[C@]12C)[C@@H]1OC1(C)C. The van der Waals surface area contributed by atoms with E-state index in [0.717, 1.165) is 44.9 Å². The van der Waals surface area contributed by atoms with Crippen molar-refractivity contribution in [3.63, 3.8) is 0 Å². The Balaban J connectivity index is 1.12. The summed E-state index contributed by atoms with van der Waals surface area (Å²) in [5.74, 6) is -0.211. The van der Waals surface area contributed by atoms with Crippen molar-refractivity contribution < 1.29 is 49.0 Å². The van der Waals surface area contributed by atoms with Crippen LogP contribution in [0.25, 0.3) is 0 Å². The summed E-state index contributed by atoms with van der Waals surface area (Å²) in [7, 11) is 0. The number of carbonyl (C=O) groups is 2. The standard InChI is InChI=1S/C37H58O10/c1-18(15-21(45-19(2)38)30-33(5,6)47-30)25-27(41)29(43)35(8)23-10-9-22-32(3,4)24(46-31-28(42)26(40)20(39)16-44-31)11-12-36(22)17-37(23,36)14-13-34(25,35)7/h18,20-26,28-31,39-40,42-43H,9-17H2,1-8H3/t18-,20+,21-,22+,23+,24+,25+,26+,28-,29+,30+,31+,34-,35-,36-,37+/m1/s1. The number of fused-ring (bicyclic) bond motifs is 2. The minimum atomic E-state index is -1.31. The molecule has 0 amide bonds. The van der Waals surface area contributed by atoms with E-state index in [0.29, 0.717) is 12.3 Å². The third kappa shape index (κ3) is 4.53. The Morgan fingerprint density at radius 2 is 1.57 bits per heavy atom. The first kappa shape index (κ1) is 34.3. The molecule has 0 bridgehead atoms. The number of hydrogen-bond donors (Lipinski definition) is 4. The van der Waals surface area contributed by atoms with Crippen LogP contribution in [-0.2, 0) is 28.5 Å². The van der Waals surface area contributed by atoms with E-state index in [4.69, 9.17) is 18.9 Å². The molecular weight excluding hydrogens is 604 g/mol. The summed E-state index contributed by atoms with van der Waals surface area (Å²) in [5, 5.41) is 42.8. The second kappa shape index (κ2) is 10.7. The first-order valence-corrected chi connectivity index (χ1v) is 18.2. The molecule has 7 aliphatic rings. The molecular formula is C37H58O10. The van der Waals surface area contributed by atoms with Gasteiger partial charge in [-0.1, -0.05) is 34.6 Å². The minimum Gasteiger partial charge on any atom is -0.460 e. The summed E-state index contributed by atoms with van der Waals surface area (Å²) < 4.78 is 23.7. The van der Waals surface area contributed by atoms with Crippen LogP contribution in [0.3, 0.4) is 0 Å². The summed E-state index contributed by atoms with van der Waals surface area (Å²) in [6.07, 6.45) is 0.666. The molecule has 10 nitrogen and oxygen atoms in total. The van der Waals surface area contributed by atoms with E-state index in [1.165, 1.54) is 6.92 Å². The molecule has 4 N–H and O–H groups in total. The quantitative estimate of drug-likeness (QED) is 0.181. The molecule has 10 heteroatoms. The Labute approximate surface area is 279 Å². The van der Waals surface area contributed by atoms with Crippen LogP contribution < -0.4 is 0 Å². The van der Waals surface area contributed by atoms with Crippen LogP contribution in [0, 0.1) is 50.7 Å². The number of ketones is 1. The zero-order valence-electron chi connectivity index (χ0n) is 29.5. The maximum atomic E-state index is 14.2. The van der Waals surface area contributed by atoms with Crippen molar-refractivity contribution in [3.05, 3.63) is 0 Å². The number of rotatable bonds is 7. The van der Waals surface area contributed by atoms with Crippen LogP contribution in [0.15, 0.2) is 0 Å². The van der Waals surface area contributed by atoms with E-state index in [2.05, 4.69) is 34.6 Å². The molecule has 7 fully saturated rings. The number of ether oxygens (including phenoxy) is 4. The smallest absolute Gasteiger partial charge is 0.302 e. The molecule has 7 rings (SSSR count). The molecule has 47 heavy (non-hydrogen) atoms. The molecule has 5 aliphatic carbocycles. The summed E-state index contributed by atoms with van der Waals surface area (Å²) in [4.78, 5) is 26.3. The molecule has 16 atom stereocenters. The van der Waals surface area contributed by atoms with Crippen molar-refractivity contribution in [2.75, 3.05) is 6.61 Å². The Bertz CT molecular complexity index is 1300. The highest BCUT2D eigenvalue weighted by Crippen LogP contribution is 2.89. The van der Waals surface area contributed by atoms with E-state index in [-0.39, 0.29) is 75.6 Å². The third-order valence-electron chi connectivity index (χ3n) is 15.7. The van der Waals surface area contributed by atoms with Crippen molar-refractivity contribution >= 4 is 11.8 Å². The predicted octanol–water partition coefficient (Wildman–Crippen LogP) is 3.53. The number of Topliss-reactive ketones (excluding diaryl/α,β-unsaturated/α-hetero) is 1. The lowest BCUT2D eigenvalue weighted by atomic mass is 9.41. The normalized spacial score (nSPS) is 53.5. The van der Waals surface area contributed by atoms with Gasteiger partial charge in [-0.3, -0.25) is 9.59 Å². The highest BCUT2D eigenvalue weighted by atomic mass is 16.7. The van der Waals surface area contributed by atoms with E-state index < -0.39 is 42.2 Å². The molecule has 2 spiro atoms. The maximum absolute atomic E-state index is 14.2. The number of hydrogen-bond acceptors (Lipinski definition) is 10. The Kier molecular flexibility index (Phi) is 7.80. The van der Waals surface area contributed by atoms with Gasteiger partial charge in [0.1, 0.15) is 36.6 Å². The number of carbonyl (C=O) groups excluding carboxylic acids is 2. The van der Waals surface area contributed by atoms with Gasteiger partial charge in [0.2, 0.25) is 0 Å². The monoisotopic (exact) mass is 662 g/mol. The summed E-state index contributed by atoms with van der Waals surface area (Å²) in [6, 6.07) is 0. The zero-order valence-corrected chi connectivity index (χ0v) is 29.5. The first-order chi connectivity index (χ1) is 21.8. The van der Waals surface area contributed by atoms with Gasteiger partial charge in [-0.2, -0.15) is 0 Å². The largest absolute Gasteiger partial charge is 0.460 e. The van der Waals surface area contributed by atoms with Gasteiger partial charge in [-0.25, -0.2) is 0 Å². The van der Waals surface area contributed by atoms with Gasteiger partial charge in [0.25, 0.3) is 0 Å². The van der Waals surface area contributed by atoms with Gasteiger partial charge in [0.15, 0.2) is 12.1 Å². The molecule has 0 aromatic carbocycles. The third-order valence-corrected chi connectivity index (χ3v) is 15.7. The molecule has 0 radical (unpaired) electrons. The lowest BCUT2D eigenvalue weighted by Gasteiger charge is -2.63. The molecule has 0 aromatic rings. The van der Waals surface area contributed by atoms with E-state index >= 15 is 0 Å². The van der Waals surface area contributed by atoms with Crippen molar-refractivity contribution in [1.29, 1.82) is 0 Å². The van der Waals surface area contributed by atoms with Gasteiger partial charge in [-0.15, -0.1) is 0 Å². The summed E-state index contributed by atoms with van der Waals surface area (Å²) in [5.41, 5.74) is -1.34. The van der Waals surface area contributed by atoms with Gasteiger partial charge in [-0.05, 0) is 105 Å². The molecule has 266 valence electrons. The molecule has 0 unspecified atom stereocenters. The zero-order chi connectivity index (χ0) is 34.3. The van der Waals surface area contributed by atoms with E-state index in [1.54, 1.807) is 0 Å². The van der Waals surface area contributed by atoms with Crippen molar-refractivity contribution in [3.8, 4) is 0 Å². The fraction of sp³-hybridized carbons (Fsp3) is 0.946. The number of aliphatic hydroxyl groups excluding tert-OH is 4. The molecule has 2 aliphatic heterocycles. The highest BCUT2D eigenvalue weighted by Gasteiger charge is 2.84.